The zero-order valence-electron chi connectivity index (χ0n) is 62.5. The van der Waals surface area contributed by atoms with Crippen molar-refractivity contribution in [3.63, 3.8) is 0 Å². The average Bonchev–Trinajstić information content (AvgIpc) is 3.77. The van der Waals surface area contributed by atoms with Gasteiger partial charge in [-0.3, -0.25) is 9.59 Å². The van der Waals surface area contributed by atoms with E-state index in [4.69, 9.17) is 9.47 Å². The van der Waals surface area contributed by atoms with E-state index < -0.39 is 6.10 Å². The molecule has 0 aliphatic heterocycles. The topological polar surface area (TPSA) is 72.8 Å². The Morgan fingerprint density at radius 3 is 0.638 bits per heavy atom. The summed E-state index contributed by atoms with van der Waals surface area (Å²) in [4.78, 5) is 24.7. The molecule has 0 saturated heterocycles. The Balaban J connectivity index is 3.39. The Hall–Kier alpha value is -3.70. The van der Waals surface area contributed by atoms with Gasteiger partial charge in [0.05, 0.1) is 6.61 Å². The zero-order valence-corrected chi connectivity index (χ0v) is 62.5. The van der Waals surface area contributed by atoms with Crippen molar-refractivity contribution in [1.82, 2.24) is 0 Å². The third-order valence-corrected chi connectivity index (χ3v) is 18.3. The number of carbonyl (C=O) groups excluding carboxylic acids is 2. The summed E-state index contributed by atoms with van der Waals surface area (Å²) in [7, 11) is 0. The van der Waals surface area contributed by atoms with Gasteiger partial charge in [-0.15, -0.1) is 0 Å². The summed E-state index contributed by atoms with van der Waals surface area (Å²) in [5, 5.41) is 9.74. The van der Waals surface area contributed by atoms with E-state index in [1.54, 1.807) is 0 Å². The maximum atomic E-state index is 12.4. The number of unbranched alkanes of at least 4 members (excludes halogenated alkanes) is 48. The Kier molecular flexibility index (Phi) is 80.2. The first-order valence-corrected chi connectivity index (χ1v) is 41.1. The van der Waals surface area contributed by atoms with Crippen molar-refractivity contribution >= 4 is 11.9 Å². The molecule has 0 bridgehead atoms. The van der Waals surface area contributed by atoms with Gasteiger partial charge in [0, 0.05) is 12.8 Å². The van der Waals surface area contributed by atoms with Gasteiger partial charge in [0.15, 0.2) is 6.10 Å². The average molecular weight is 1310 g/mol. The van der Waals surface area contributed by atoms with Crippen LogP contribution in [-0.4, -0.2) is 36.4 Å². The normalized spacial score (nSPS) is 12.8. The molecule has 0 rings (SSSR count). The minimum absolute atomic E-state index is 0.0626. The number of carbonyl (C=O) groups is 2. The fourth-order valence-corrected chi connectivity index (χ4v) is 12.2. The van der Waals surface area contributed by atoms with Crippen LogP contribution in [0.1, 0.15) is 412 Å². The molecule has 1 atom stereocenters. The summed E-state index contributed by atoms with van der Waals surface area (Å²) in [6, 6.07) is 0. The molecule has 5 nitrogen and oxygen atoms in total. The Labute approximate surface area is 585 Å². The third kappa shape index (κ3) is 80.7. The van der Waals surface area contributed by atoms with Crippen LogP contribution < -0.4 is 0 Å². The number of aliphatic hydroxyl groups excluding tert-OH is 1. The minimum Gasteiger partial charge on any atom is -0.462 e. The van der Waals surface area contributed by atoms with E-state index in [1.165, 1.54) is 283 Å². The van der Waals surface area contributed by atoms with Crippen molar-refractivity contribution in [2.45, 2.75) is 418 Å². The van der Waals surface area contributed by atoms with E-state index in [-0.39, 0.29) is 25.2 Å². The lowest BCUT2D eigenvalue weighted by Crippen LogP contribution is -2.28. The third-order valence-electron chi connectivity index (χ3n) is 18.3. The molecule has 94 heavy (non-hydrogen) atoms. The molecule has 0 aromatic heterocycles. The van der Waals surface area contributed by atoms with Crippen molar-refractivity contribution in [2.75, 3.05) is 13.2 Å². The molecular formula is C89H156O5. The number of hydrogen-bond donors (Lipinski definition) is 1. The predicted octanol–water partition coefficient (Wildman–Crippen LogP) is 29.2. The van der Waals surface area contributed by atoms with Crippen LogP contribution >= 0.6 is 0 Å². The predicted molar refractivity (Wildman–Crippen MR) is 417 cm³/mol. The highest BCUT2D eigenvalue weighted by Crippen LogP contribution is 2.20. The van der Waals surface area contributed by atoms with E-state index in [0.29, 0.717) is 12.8 Å². The maximum Gasteiger partial charge on any atom is 0.306 e. The van der Waals surface area contributed by atoms with Crippen LogP contribution in [0, 0.1) is 0 Å². The first kappa shape index (κ1) is 90.3. The van der Waals surface area contributed by atoms with E-state index in [2.05, 4.69) is 135 Å². The molecule has 0 saturated carbocycles. The molecule has 0 radical (unpaired) electrons. The van der Waals surface area contributed by atoms with Gasteiger partial charge in [-0.25, -0.2) is 0 Å². The SMILES string of the molecule is CC/C=C\C/C=C\C/C=C\C/C=C\C/C=C\CCCCCCCCCCCCCCCCCCCCCCCCCCCC(=O)OC(CO)COC(=O)CCCCCCCCCCCCCCCCCCCCCCCCC/C=C\C/C=C\C/C=C\C/C=C\C/C=C\CC. The van der Waals surface area contributed by atoms with Crippen LogP contribution in [0.2, 0.25) is 0 Å². The molecule has 0 fully saturated rings. The van der Waals surface area contributed by atoms with Gasteiger partial charge in [-0.05, 0) is 103 Å². The van der Waals surface area contributed by atoms with E-state index in [0.717, 1.165) is 103 Å². The molecule has 0 amide bonds. The van der Waals surface area contributed by atoms with Crippen LogP contribution in [0.3, 0.4) is 0 Å². The Bertz CT molecular complexity index is 1820. The first-order chi connectivity index (χ1) is 46.6. The summed E-state index contributed by atoms with van der Waals surface area (Å²) >= 11 is 0. The number of aliphatic hydroxyl groups is 1. The second-order valence-electron chi connectivity index (χ2n) is 27.4. The number of hydrogen-bond acceptors (Lipinski definition) is 5. The molecular weight excluding hydrogens is 1150 g/mol. The highest BCUT2D eigenvalue weighted by molar-refractivity contribution is 5.70. The summed E-state index contributed by atoms with van der Waals surface area (Å²) in [6.45, 7) is 3.96. The molecule has 0 aliphatic carbocycles. The van der Waals surface area contributed by atoms with Crippen molar-refractivity contribution < 1.29 is 24.2 Å². The van der Waals surface area contributed by atoms with Crippen LogP contribution in [0.15, 0.2) is 122 Å². The maximum absolute atomic E-state index is 12.4. The van der Waals surface area contributed by atoms with Gasteiger partial charge >= 0.3 is 11.9 Å². The summed E-state index contributed by atoms with van der Waals surface area (Å²) in [5.74, 6) is -0.569. The lowest BCUT2D eigenvalue weighted by Gasteiger charge is -2.15. The lowest BCUT2D eigenvalue weighted by molar-refractivity contribution is -0.161. The molecule has 0 spiro atoms. The second-order valence-corrected chi connectivity index (χ2v) is 27.4. The molecule has 1 unspecified atom stereocenters. The number of rotatable bonds is 76. The molecule has 1 N–H and O–H groups in total. The van der Waals surface area contributed by atoms with Crippen LogP contribution in [-0.2, 0) is 19.1 Å². The highest BCUT2D eigenvalue weighted by atomic mass is 16.6. The first-order valence-electron chi connectivity index (χ1n) is 41.1. The van der Waals surface area contributed by atoms with Gasteiger partial charge in [0.2, 0.25) is 0 Å². The molecule has 5 heteroatoms. The minimum atomic E-state index is -0.775. The van der Waals surface area contributed by atoms with Gasteiger partial charge in [-0.1, -0.05) is 418 Å². The fourth-order valence-electron chi connectivity index (χ4n) is 12.2. The smallest absolute Gasteiger partial charge is 0.306 e. The number of ether oxygens (including phenoxy) is 2. The van der Waals surface area contributed by atoms with E-state index in [1.807, 2.05) is 0 Å². The standard InChI is InChI=1S/C89H156O5/c1-3-5-7-9-11-13-15-17-19-21-23-25-27-29-31-33-35-37-39-41-43-44-46-48-50-52-54-56-58-60-62-64-66-68-70-72-74-76-78-80-82-84-89(92)94-87(85-90)86-93-88(91)83-81-79-77-75-73-71-69-67-65-63-61-59-57-55-53-51-49-47-45-42-40-38-36-34-32-30-28-26-24-22-20-18-16-14-12-10-8-6-4-2/h5-8,11-14,17-20,23-26,29-32,87,90H,3-4,9-10,15-16,21-22,27-28,33-86H2,1-2H3/b7-5-,8-6-,13-11-,14-12-,19-17-,20-18-,25-23-,26-24-,31-29-,32-30-. The molecule has 0 aromatic rings. The molecule has 0 aliphatic rings. The largest absolute Gasteiger partial charge is 0.462 e. The summed E-state index contributed by atoms with van der Waals surface area (Å²) in [6.07, 6.45) is 123. The van der Waals surface area contributed by atoms with Gasteiger partial charge in [-0.2, -0.15) is 0 Å². The number of esters is 2. The monoisotopic (exact) mass is 1310 g/mol. The van der Waals surface area contributed by atoms with Crippen LogP contribution in [0.4, 0.5) is 0 Å². The van der Waals surface area contributed by atoms with Crippen LogP contribution in [0.5, 0.6) is 0 Å². The number of allylic oxidation sites excluding steroid dienone is 20. The lowest BCUT2D eigenvalue weighted by atomic mass is 10.0. The van der Waals surface area contributed by atoms with E-state index in [9.17, 15) is 14.7 Å². The Morgan fingerprint density at radius 2 is 0.426 bits per heavy atom. The molecule has 0 heterocycles. The van der Waals surface area contributed by atoms with Gasteiger partial charge in [0.1, 0.15) is 6.61 Å². The summed E-state index contributed by atoms with van der Waals surface area (Å²) in [5.41, 5.74) is 0. The Morgan fingerprint density at radius 1 is 0.245 bits per heavy atom. The fraction of sp³-hybridized carbons (Fsp3) is 0.753. The zero-order chi connectivity index (χ0) is 67.5. The molecule has 0 aromatic carbocycles. The molecule has 542 valence electrons. The summed E-state index contributed by atoms with van der Waals surface area (Å²) < 4.78 is 10.8. The van der Waals surface area contributed by atoms with Crippen LogP contribution in [0.25, 0.3) is 0 Å². The van der Waals surface area contributed by atoms with Gasteiger partial charge < -0.3 is 14.6 Å². The second kappa shape index (κ2) is 83.5. The van der Waals surface area contributed by atoms with Gasteiger partial charge in [0.25, 0.3) is 0 Å². The van der Waals surface area contributed by atoms with E-state index >= 15 is 0 Å². The van der Waals surface area contributed by atoms with Crippen molar-refractivity contribution in [2.24, 2.45) is 0 Å². The van der Waals surface area contributed by atoms with Crippen molar-refractivity contribution in [3.05, 3.63) is 122 Å². The van der Waals surface area contributed by atoms with Crippen molar-refractivity contribution in [1.29, 1.82) is 0 Å². The van der Waals surface area contributed by atoms with Crippen molar-refractivity contribution in [3.8, 4) is 0 Å². The quantitative estimate of drug-likeness (QED) is 0.0373. The highest BCUT2D eigenvalue weighted by Gasteiger charge is 2.16.